The van der Waals surface area contributed by atoms with Gasteiger partial charge in [0.2, 0.25) is 0 Å². The van der Waals surface area contributed by atoms with Crippen LogP contribution in [0.25, 0.3) is 0 Å². The van der Waals surface area contributed by atoms with Gasteiger partial charge in [0.25, 0.3) is 5.91 Å². The molecular weight excluding hydrogens is 313 g/mol. The first-order chi connectivity index (χ1) is 9.11. The zero-order valence-corrected chi connectivity index (χ0v) is 11.4. The Labute approximate surface area is 118 Å². The Balaban J connectivity index is 2.18. The molecule has 0 fully saturated rings. The molecule has 0 radical (unpaired) electrons. The number of aliphatic hydroxyl groups is 1. The molecule has 0 saturated heterocycles. The summed E-state index contributed by atoms with van der Waals surface area (Å²) in [4.78, 5) is 11.9. The molecule has 0 unspecified atom stereocenters. The van der Waals surface area contributed by atoms with E-state index in [1.54, 1.807) is 30.3 Å². The summed E-state index contributed by atoms with van der Waals surface area (Å²) in [5, 5.41) is 11.5. The maximum Gasteiger partial charge on any atom is 0.258 e. The Hall–Kier alpha value is -1.72. The van der Waals surface area contributed by atoms with Crippen LogP contribution in [0.15, 0.2) is 46.9 Å². The molecule has 2 aromatic carbocycles. The van der Waals surface area contributed by atoms with Gasteiger partial charge < -0.3 is 10.4 Å². The molecule has 3 nitrogen and oxygen atoms in total. The number of benzene rings is 2. The van der Waals surface area contributed by atoms with E-state index >= 15 is 0 Å². The van der Waals surface area contributed by atoms with E-state index in [0.717, 1.165) is 5.56 Å². The number of hydrogen-bond donors (Lipinski definition) is 2. The van der Waals surface area contributed by atoms with E-state index < -0.39 is 11.7 Å². The molecule has 5 heteroatoms. The van der Waals surface area contributed by atoms with Crippen molar-refractivity contribution in [2.45, 2.75) is 6.61 Å². The highest BCUT2D eigenvalue weighted by atomic mass is 79.9. The van der Waals surface area contributed by atoms with Crippen molar-refractivity contribution in [3.8, 4) is 0 Å². The summed E-state index contributed by atoms with van der Waals surface area (Å²) in [5.41, 5.74) is 1.26. The molecule has 0 aliphatic rings. The Morgan fingerprint density at radius 2 is 1.89 bits per heavy atom. The number of carbonyl (C=O) groups is 1. The van der Waals surface area contributed by atoms with Crippen molar-refractivity contribution in [2.75, 3.05) is 5.32 Å². The number of carbonyl (C=O) groups excluding carboxylic acids is 1. The van der Waals surface area contributed by atoms with Crippen LogP contribution >= 0.6 is 15.9 Å². The lowest BCUT2D eigenvalue weighted by atomic mass is 10.2. The van der Waals surface area contributed by atoms with Crippen molar-refractivity contribution >= 4 is 27.5 Å². The molecule has 2 aromatic rings. The first kappa shape index (κ1) is 13.7. The number of hydrogen-bond acceptors (Lipinski definition) is 2. The predicted molar refractivity (Wildman–Crippen MR) is 74.4 cm³/mol. The van der Waals surface area contributed by atoms with Crippen molar-refractivity contribution in [3.05, 3.63) is 63.9 Å². The smallest absolute Gasteiger partial charge is 0.258 e. The minimum Gasteiger partial charge on any atom is -0.392 e. The molecule has 1 amide bonds. The Morgan fingerprint density at radius 3 is 2.53 bits per heavy atom. The molecule has 98 valence electrons. The number of amides is 1. The fourth-order valence-electron chi connectivity index (χ4n) is 1.57. The molecule has 2 rings (SSSR count). The molecule has 0 aromatic heterocycles. The summed E-state index contributed by atoms with van der Waals surface area (Å²) < 4.78 is 14.0. The van der Waals surface area contributed by atoms with E-state index in [9.17, 15) is 9.18 Å². The van der Waals surface area contributed by atoms with E-state index in [1.165, 1.54) is 12.1 Å². The lowest BCUT2D eigenvalue weighted by molar-refractivity contribution is 0.102. The van der Waals surface area contributed by atoms with E-state index in [1.807, 2.05) is 0 Å². The first-order valence-electron chi connectivity index (χ1n) is 5.57. The number of nitrogens with one attached hydrogen (secondary N) is 1. The Kier molecular flexibility index (Phi) is 4.29. The zero-order chi connectivity index (χ0) is 13.8. The molecule has 2 N–H and O–H groups in total. The molecule has 0 aliphatic heterocycles. The highest BCUT2D eigenvalue weighted by Gasteiger charge is 2.13. The molecule has 19 heavy (non-hydrogen) atoms. The van der Waals surface area contributed by atoms with Crippen LogP contribution in [0.1, 0.15) is 15.9 Å². The van der Waals surface area contributed by atoms with Crippen molar-refractivity contribution in [1.29, 1.82) is 0 Å². The van der Waals surface area contributed by atoms with E-state index in [0.29, 0.717) is 5.69 Å². The molecule has 0 bridgehead atoms. The summed E-state index contributed by atoms with van der Waals surface area (Å²) in [6, 6.07) is 11.2. The normalized spacial score (nSPS) is 10.3. The van der Waals surface area contributed by atoms with Crippen molar-refractivity contribution in [3.63, 3.8) is 0 Å². The quantitative estimate of drug-likeness (QED) is 0.910. The van der Waals surface area contributed by atoms with Crippen molar-refractivity contribution in [2.24, 2.45) is 0 Å². The Morgan fingerprint density at radius 1 is 1.21 bits per heavy atom. The molecule has 0 heterocycles. The van der Waals surface area contributed by atoms with Gasteiger partial charge in [0.05, 0.1) is 16.6 Å². The minimum atomic E-state index is -0.591. The lowest BCUT2D eigenvalue weighted by Gasteiger charge is -2.07. The number of rotatable bonds is 3. The van der Waals surface area contributed by atoms with E-state index in [-0.39, 0.29) is 16.6 Å². The average Bonchev–Trinajstić information content (AvgIpc) is 2.42. The van der Waals surface area contributed by atoms with Gasteiger partial charge in [-0.15, -0.1) is 0 Å². The summed E-state index contributed by atoms with van der Waals surface area (Å²) in [5.74, 6) is -1.11. The number of anilines is 1. The molecule has 0 spiro atoms. The zero-order valence-electron chi connectivity index (χ0n) is 9.86. The van der Waals surface area contributed by atoms with Crippen LogP contribution in [0.2, 0.25) is 0 Å². The number of halogens is 2. The second kappa shape index (κ2) is 5.95. The standard InChI is InChI=1S/C14H11BrFNO2/c15-12-3-1-2-11(13(12)16)14(19)17-10-6-4-9(8-18)5-7-10/h1-7,18H,8H2,(H,17,19). The minimum absolute atomic E-state index is 0.0272. The Bertz CT molecular complexity index is 599. The third-order valence-electron chi connectivity index (χ3n) is 2.59. The van der Waals surface area contributed by atoms with E-state index in [4.69, 9.17) is 5.11 Å². The predicted octanol–water partition coefficient (Wildman–Crippen LogP) is 3.33. The summed E-state index contributed by atoms with van der Waals surface area (Å²) >= 11 is 3.04. The van der Waals surface area contributed by atoms with Gasteiger partial charge in [-0.2, -0.15) is 0 Å². The topological polar surface area (TPSA) is 49.3 Å². The SMILES string of the molecule is O=C(Nc1ccc(CO)cc1)c1cccc(Br)c1F. The second-order valence-corrected chi connectivity index (χ2v) is 4.76. The summed E-state index contributed by atoms with van der Waals surface area (Å²) in [6.07, 6.45) is 0. The van der Waals surface area contributed by atoms with Gasteiger partial charge in [-0.05, 0) is 45.8 Å². The van der Waals surface area contributed by atoms with Crippen LogP contribution in [0, 0.1) is 5.82 Å². The first-order valence-corrected chi connectivity index (χ1v) is 6.36. The summed E-state index contributed by atoms with van der Waals surface area (Å²) in [7, 11) is 0. The third kappa shape index (κ3) is 3.19. The lowest BCUT2D eigenvalue weighted by Crippen LogP contribution is -2.13. The van der Waals surface area contributed by atoms with Gasteiger partial charge in [0.15, 0.2) is 0 Å². The van der Waals surface area contributed by atoms with Gasteiger partial charge >= 0.3 is 0 Å². The van der Waals surface area contributed by atoms with Crippen LogP contribution in [0.5, 0.6) is 0 Å². The van der Waals surface area contributed by atoms with Crippen LogP contribution in [0.3, 0.4) is 0 Å². The second-order valence-electron chi connectivity index (χ2n) is 3.91. The maximum absolute atomic E-state index is 13.7. The highest BCUT2D eigenvalue weighted by Crippen LogP contribution is 2.20. The van der Waals surface area contributed by atoms with Crippen LogP contribution < -0.4 is 5.32 Å². The van der Waals surface area contributed by atoms with Gasteiger partial charge in [0, 0.05) is 5.69 Å². The largest absolute Gasteiger partial charge is 0.392 e. The van der Waals surface area contributed by atoms with Gasteiger partial charge in [0.1, 0.15) is 5.82 Å². The monoisotopic (exact) mass is 323 g/mol. The average molecular weight is 324 g/mol. The summed E-state index contributed by atoms with van der Waals surface area (Å²) in [6.45, 7) is -0.0610. The van der Waals surface area contributed by atoms with Crippen molar-refractivity contribution in [1.82, 2.24) is 0 Å². The van der Waals surface area contributed by atoms with Crippen LogP contribution in [-0.4, -0.2) is 11.0 Å². The fraction of sp³-hybridized carbons (Fsp3) is 0.0714. The van der Waals surface area contributed by atoms with Crippen molar-refractivity contribution < 1.29 is 14.3 Å². The van der Waals surface area contributed by atoms with Crippen LogP contribution in [-0.2, 0) is 6.61 Å². The van der Waals surface area contributed by atoms with Gasteiger partial charge in [-0.3, -0.25) is 4.79 Å². The number of aliphatic hydroxyl groups excluding tert-OH is 1. The van der Waals surface area contributed by atoms with Gasteiger partial charge in [-0.1, -0.05) is 18.2 Å². The molecule has 0 atom stereocenters. The maximum atomic E-state index is 13.7. The molecule has 0 aliphatic carbocycles. The van der Waals surface area contributed by atoms with Crippen LogP contribution in [0.4, 0.5) is 10.1 Å². The highest BCUT2D eigenvalue weighted by molar-refractivity contribution is 9.10. The molecular formula is C14H11BrFNO2. The molecule has 0 saturated carbocycles. The van der Waals surface area contributed by atoms with Gasteiger partial charge in [-0.25, -0.2) is 4.39 Å². The van der Waals surface area contributed by atoms with E-state index in [2.05, 4.69) is 21.2 Å². The fourth-order valence-corrected chi connectivity index (χ4v) is 1.94. The third-order valence-corrected chi connectivity index (χ3v) is 3.20.